The van der Waals surface area contributed by atoms with E-state index in [2.05, 4.69) is 26.2 Å². The summed E-state index contributed by atoms with van der Waals surface area (Å²) in [6.07, 6.45) is 2.93. The zero-order valence-electron chi connectivity index (χ0n) is 11.1. The molecule has 0 aromatic carbocycles. The highest BCUT2D eigenvalue weighted by molar-refractivity contribution is 9.10. The topological polar surface area (TPSA) is 69.0 Å². The van der Waals surface area contributed by atoms with E-state index in [1.807, 2.05) is 13.0 Å². The van der Waals surface area contributed by atoms with E-state index >= 15 is 0 Å². The van der Waals surface area contributed by atoms with E-state index in [0.29, 0.717) is 24.3 Å². The minimum Gasteiger partial charge on any atom is -0.369 e. The molecular weight excluding hydrogens is 308 g/mol. The first-order chi connectivity index (χ1) is 9.10. The zero-order valence-corrected chi connectivity index (χ0v) is 12.7. The van der Waals surface area contributed by atoms with Gasteiger partial charge in [0.25, 0.3) is 5.91 Å². The summed E-state index contributed by atoms with van der Waals surface area (Å²) in [6, 6.07) is 3.78. The van der Waals surface area contributed by atoms with Gasteiger partial charge in [0.1, 0.15) is 5.82 Å². The number of pyridine rings is 1. The number of nitrogens with zero attached hydrogens (tertiary/aromatic N) is 3. The monoisotopic (exact) mass is 324 g/mol. The summed E-state index contributed by atoms with van der Waals surface area (Å²) < 4.78 is 0.756. The van der Waals surface area contributed by atoms with Crippen molar-refractivity contribution in [1.82, 2.24) is 9.88 Å². The maximum absolute atomic E-state index is 12.3. The number of amides is 1. The Balaban J connectivity index is 2.93. The van der Waals surface area contributed by atoms with Gasteiger partial charge in [-0.15, -0.1) is 0 Å². The predicted octanol–water partition coefficient (Wildman–Crippen LogP) is 2.65. The molecular formula is C13H17BrN4O. The Morgan fingerprint density at radius 3 is 3.00 bits per heavy atom. The normalized spacial score (nSPS) is 9.79. The van der Waals surface area contributed by atoms with Crippen molar-refractivity contribution in [3.8, 4) is 6.07 Å². The molecule has 1 aromatic heterocycles. The van der Waals surface area contributed by atoms with Crippen molar-refractivity contribution in [3.05, 3.63) is 22.3 Å². The van der Waals surface area contributed by atoms with Crippen molar-refractivity contribution >= 4 is 27.7 Å². The van der Waals surface area contributed by atoms with Crippen molar-refractivity contribution in [2.75, 3.05) is 25.5 Å². The first-order valence-corrected chi connectivity index (χ1v) is 6.91. The third kappa shape index (κ3) is 4.52. The second-order valence-corrected chi connectivity index (χ2v) is 5.03. The highest BCUT2D eigenvalue weighted by atomic mass is 79.9. The first-order valence-electron chi connectivity index (χ1n) is 6.12. The van der Waals surface area contributed by atoms with Crippen molar-refractivity contribution < 1.29 is 4.79 Å². The molecule has 19 heavy (non-hydrogen) atoms. The van der Waals surface area contributed by atoms with Gasteiger partial charge in [0, 0.05) is 30.8 Å². The van der Waals surface area contributed by atoms with Crippen LogP contribution in [-0.2, 0) is 0 Å². The van der Waals surface area contributed by atoms with Crippen LogP contribution in [0.25, 0.3) is 0 Å². The molecule has 0 aliphatic rings. The molecule has 1 N–H and O–H groups in total. The number of hydrogen-bond donors (Lipinski definition) is 1. The van der Waals surface area contributed by atoms with E-state index in [1.54, 1.807) is 19.3 Å². The van der Waals surface area contributed by atoms with Crippen LogP contribution in [0.15, 0.2) is 16.7 Å². The number of carbonyl (C=O) groups is 1. The van der Waals surface area contributed by atoms with Crippen molar-refractivity contribution in [2.24, 2.45) is 0 Å². The van der Waals surface area contributed by atoms with Gasteiger partial charge in [0.05, 0.1) is 18.1 Å². The van der Waals surface area contributed by atoms with E-state index in [1.165, 1.54) is 4.90 Å². The third-order valence-electron chi connectivity index (χ3n) is 2.53. The average Bonchev–Trinajstić information content (AvgIpc) is 2.42. The standard InChI is InChI=1S/C13H17BrN4O/c1-3-6-16-12-11(8-10(14)9-17-12)13(19)18(2)7-4-5-15/h8-9H,3-4,6-7H2,1-2H3,(H,16,17). The molecule has 102 valence electrons. The van der Waals surface area contributed by atoms with E-state index in [4.69, 9.17) is 5.26 Å². The Kier molecular flexibility index (Phi) is 6.30. The van der Waals surface area contributed by atoms with Gasteiger partial charge in [-0.05, 0) is 28.4 Å². The summed E-state index contributed by atoms with van der Waals surface area (Å²) in [7, 11) is 1.68. The lowest BCUT2D eigenvalue weighted by Crippen LogP contribution is -2.28. The van der Waals surface area contributed by atoms with E-state index in [9.17, 15) is 4.79 Å². The van der Waals surface area contributed by atoms with Crippen LogP contribution in [-0.4, -0.2) is 35.9 Å². The molecule has 0 aliphatic heterocycles. The largest absolute Gasteiger partial charge is 0.369 e. The molecule has 0 fully saturated rings. The lowest BCUT2D eigenvalue weighted by molar-refractivity contribution is 0.0798. The molecule has 0 aliphatic carbocycles. The van der Waals surface area contributed by atoms with Crippen molar-refractivity contribution in [3.63, 3.8) is 0 Å². The third-order valence-corrected chi connectivity index (χ3v) is 2.97. The number of nitrogens with one attached hydrogen (secondary N) is 1. The molecule has 6 heteroatoms. The maximum atomic E-state index is 12.3. The highest BCUT2D eigenvalue weighted by Gasteiger charge is 2.17. The Labute approximate surface area is 121 Å². The highest BCUT2D eigenvalue weighted by Crippen LogP contribution is 2.19. The Morgan fingerprint density at radius 2 is 2.37 bits per heavy atom. The smallest absolute Gasteiger partial charge is 0.257 e. The fourth-order valence-corrected chi connectivity index (χ4v) is 1.84. The number of rotatable bonds is 6. The molecule has 0 bridgehead atoms. The van der Waals surface area contributed by atoms with Crippen LogP contribution in [0.5, 0.6) is 0 Å². The van der Waals surface area contributed by atoms with Crippen molar-refractivity contribution in [1.29, 1.82) is 5.26 Å². The summed E-state index contributed by atoms with van der Waals surface area (Å²) in [4.78, 5) is 18.1. The quantitative estimate of drug-likeness (QED) is 0.873. The van der Waals surface area contributed by atoms with Crippen molar-refractivity contribution in [2.45, 2.75) is 19.8 Å². The Morgan fingerprint density at radius 1 is 1.63 bits per heavy atom. The van der Waals surface area contributed by atoms with Crippen LogP contribution < -0.4 is 5.32 Å². The van der Waals surface area contributed by atoms with Crippen LogP contribution in [0.4, 0.5) is 5.82 Å². The van der Waals surface area contributed by atoms with E-state index < -0.39 is 0 Å². The molecule has 0 radical (unpaired) electrons. The Hall–Kier alpha value is -1.61. The summed E-state index contributed by atoms with van der Waals surface area (Å²) in [6.45, 7) is 3.22. The fraction of sp³-hybridized carbons (Fsp3) is 0.462. The van der Waals surface area contributed by atoms with E-state index in [0.717, 1.165) is 17.4 Å². The van der Waals surface area contributed by atoms with Gasteiger partial charge in [-0.25, -0.2) is 4.98 Å². The van der Waals surface area contributed by atoms with E-state index in [-0.39, 0.29) is 5.91 Å². The molecule has 1 rings (SSSR count). The van der Waals surface area contributed by atoms with Gasteiger partial charge >= 0.3 is 0 Å². The molecule has 0 atom stereocenters. The second kappa shape index (κ2) is 7.74. The SMILES string of the molecule is CCCNc1ncc(Br)cc1C(=O)N(C)CCC#N. The molecule has 1 heterocycles. The summed E-state index contributed by atoms with van der Waals surface area (Å²) in [5.41, 5.74) is 0.517. The molecule has 0 saturated carbocycles. The minimum absolute atomic E-state index is 0.136. The van der Waals surface area contributed by atoms with Gasteiger partial charge in [-0.2, -0.15) is 5.26 Å². The van der Waals surface area contributed by atoms with Crippen LogP contribution in [0.2, 0.25) is 0 Å². The number of halogens is 1. The van der Waals surface area contributed by atoms with Gasteiger partial charge in [-0.1, -0.05) is 6.92 Å². The summed E-state index contributed by atoms with van der Waals surface area (Å²) >= 11 is 3.32. The number of carbonyl (C=O) groups excluding carboxylic acids is 1. The summed E-state index contributed by atoms with van der Waals surface area (Å²) in [5, 5.41) is 11.7. The number of hydrogen-bond acceptors (Lipinski definition) is 4. The minimum atomic E-state index is -0.136. The lowest BCUT2D eigenvalue weighted by atomic mass is 10.2. The maximum Gasteiger partial charge on any atom is 0.257 e. The predicted molar refractivity (Wildman–Crippen MR) is 77.9 cm³/mol. The zero-order chi connectivity index (χ0) is 14.3. The Bertz CT molecular complexity index is 484. The molecule has 0 saturated heterocycles. The second-order valence-electron chi connectivity index (χ2n) is 4.11. The van der Waals surface area contributed by atoms with Gasteiger partial charge < -0.3 is 10.2 Å². The molecule has 0 unspecified atom stereocenters. The molecule has 5 nitrogen and oxygen atoms in total. The number of nitriles is 1. The summed E-state index contributed by atoms with van der Waals surface area (Å²) in [5.74, 6) is 0.446. The molecule has 1 aromatic rings. The number of aromatic nitrogens is 1. The van der Waals surface area contributed by atoms with Gasteiger partial charge in [0.15, 0.2) is 0 Å². The number of anilines is 1. The first kappa shape index (κ1) is 15.4. The lowest BCUT2D eigenvalue weighted by Gasteiger charge is -2.18. The average molecular weight is 325 g/mol. The van der Waals surface area contributed by atoms with Crippen LogP contribution in [0.1, 0.15) is 30.1 Å². The van der Waals surface area contributed by atoms with Crippen LogP contribution in [0, 0.1) is 11.3 Å². The van der Waals surface area contributed by atoms with Crippen LogP contribution in [0.3, 0.4) is 0 Å². The van der Waals surface area contributed by atoms with Gasteiger partial charge in [0.2, 0.25) is 0 Å². The van der Waals surface area contributed by atoms with Crippen LogP contribution >= 0.6 is 15.9 Å². The van der Waals surface area contributed by atoms with Gasteiger partial charge in [-0.3, -0.25) is 4.79 Å². The molecule has 0 spiro atoms. The fourth-order valence-electron chi connectivity index (χ4n) is 1.51. The molecule has 1 amide bonds.